The van der Waals surface area contributed by atoms with E-state index >= 15 is 0 Å². The van der Waals surface area contributed by atoms with Gasteiger partial charge in [-0.25, -0.2) is 0 Å². The number of nitrogens with zero attached hydrogens (tertiary/aromatic N) is 2. The van der Waals surface area contributed by atoms with Crippen molar-refractivity contribution < 1.29 is 0 Å². The summed E-state index contributed by atoms with van der Waals surface area (Å²) in [4.78, 5) is 0. The van der Waals surface area contributed by atoms with Crippen molar-refractivity contribution in [3.8, 4) is 0 Å². The Morgan fingerprint density at radius 3 is 2.47 bits per heavy atom. The van der Waals surface area contributed by atoms with Crippen molar-refractivity contribution in [2.75, 3.05) is 5.88 Å². The Balaban J connectivity index is 2.79. The van der Waals surface area contributed by atoms with Gasteiger partial charge in [-0.05, 0) is 25.7 Å². The zero-order valence-corrected chi connectivity index (χ0v) is 14.1. The number of hydrogen-bond donors (Lipinski definition) is 1. The van der Waals surface area contributed by atoms with Crippen molar-refractivity contribution in [2.45, 2.75) is 60.2 Å². The van der Waals surface area contributed by atoms with E-state index in [0.717, 1.165) is 35.9 Å². The van der Waals surface area contributed by atoms with E-state index in [-0.39, 0.29) is 5.41 Å². The molecule has 0 aliphatic carbocycles. The summed E-state index contributed by atoms with van der Waals surface area (Å²) in [5.41, 5.74) is 2.13. The lowest BCUT2D eigenvalue weighted by Gasteiger charge is -2.31. The van der Waals surface area contributed by atoms with E-state index in [9.17, 15) is 0 Å². The summed E-state index contributed by atoms with van der Waals surface area (Å²) >= 11 is 12.2. The van der Waals surface area contributed by atoms with Gasteiger partial charge in [0.2, 0.25) is 0 Å². The summed E-state index contributed by atoms with van der Waals surface area (Å²) in [6, 6.07) is 0.363. The molecule has 0 aliphatic rings. The summed E-state index contributed by atoms with van der Waals surface area (Å²) in [6.45, 7) is 12.3. The van der Waals surface area contributed by atoms with Crippen molar-refractivity contribution in [3.05, 3.63) is 16.4 Å². The van der Waals surface area contributed by atoms with E-state index in [1.165, 1.54) is 0 Å². The molecule has 1 N–H and O–H groups in total. The molecule has 0 aromatic carbocycles. The fraction of sp³-hybridized carbons (Fsp3) is 0.786. The molecule has 110 valence electrons. The monoisotopic (exact) mass is 305 g/mol. The van der Waals surface area contributed by atoms with Crippen LogP contribution in [0.1, 0.15) is 45.5 Å². The molecule has 3 nitrogen and oxygen atoms in total. The SMILES string of the molecule is CCn1nc(C)c(Cl)c1CNC(CCCl)C(C)(C)C. The minimum atomic E-state index is 0.174. The normalized spacial score (nSPS) is 13.8. The highest BCUT2D eigenvalue weighted by atomic mass is 35.5. The van der Waals surface area contributed by atoms with Gasteiger partial charge in [-0.2, -0.15) is 5.10 Å². The van der Waals surface area contributed by atoms with Crippen LogP contribution in [0.3, 0.4) is 0 Å². The molecule has 1 rings (SSSR count). The van der Waals surface area contributed by atoms with E-state index < -0.39 is 0 Å². The first kappa shape index (κ1) is 16.8. The molecular weight excluding hydrogens is 281 g/mol. The summed E-state index contributed by atoms with van der Waals surface area (Å²) in [5, 5.41) is 8.78. The molecule has 1 aromatic rings. The molecule has 0 aliphatic heterocycles. The second-order valence-electron chi connectivity index (χ2n) is 5.94. The highest BCUT2D eigenvalue weighted by molar-refractivity contribution is 6.31. The maximum atomic E-state index is 6.32. The van der Waals surface area contributed by atoms with Crippen LogP contribution < -0.4 is 5.32 Å². The highest BCUT2D eigenvalue weighted by Gasteiger charge is 2.24. The predicted octanol–water partition coefficient (Wildman–Crippen LogP) is 4.00. The smallest absolute Gasteiger partial charge is 0.0860 e. The third-order valence-corrected chi connectivity index (χ3v) is 4.12. The summed E-state index contributed by atoms with van der Waals surface area (Å²) in [7, 11) is 0. The van der Waals surface area contributed by atoms with Gasteiger partial charge in [-0.1, -0.05) is 32.4 Å². The van der Waals surface area contributed by atoms with Gasteiger partial charge in [-0.3, -0.25) is 4.68 Å². The molecule has 0 saturated carbocycles. The van der Waals surface area contributed by atoms with Crippen LogP contribution in [-0.2, 0) is 13.1 Å². The van der Waals surface area contributed by atoms with Crippen LogP contribution >= 0.6 is 23.2 Å². The second kappa shape index (κ2) is 6.96. The van der Waals surface area contributed by atoms with Crippen LogP contribution in [0.2, 0.25) is 5.02 Å². The summed E-state index contributed by atoms with van der Waals surface area (Å²) in [5.74, 6) is 0.661. The Labute approximate surface area is 126 Å². The van der Waals surface area contributed by atoms with Gasteiger partial charge in [0.05, 0.1) is 16.4 Å². The van der Waals surface area contributed by atoms with E-state index in [1.807, 2.05) is 11.6 Å². The van der Waals surface area contributed by atoms with Gasteiger partial charge >= 0.3 is 0 Å². The molecule has 1 atom stereocenters. The van der Waals surface area contributed by atoms with Crippen molar-refractivity contribution >= 4 is 23.2 Å². The Bertz CT molecular complexity index is 408. The molecule has 19 heavy (non-hydrogen) atoms. The minimum absolute atomic E-state index is 0.174. The molecule has 0 radical (unpaired) electrons. The lowest BCUT2D eigenvalue weighted by Crippen LogP contribution is -2.40. The van der Waals surface area contributed by atoms with Crippen molar-refractivity contribution in [1.82, 2.24) is 15.1 Å². The van der Waals surface area contributed by atoms with Crippen LogP contribution in [0, 0.1) is 12.3 Å². The Morgan fingerprint density at radius 1 is 1.37 bits per heavy atom. The molecule has 1 heterocycles. The number of nitrogens with one attached hydrogen (secondary N) is 1. The maximum Gasteiger partial charge on any atom is 0.0860 e. The van der Waals surface area contributed by atoms with Crippen LogP contribution in [-0.4, -0.2) is 21.7 Å². The Hall–Kier alpha value is -0.250. The molecule has 1 aromatic heterocycles. The van der Waals surface area contributed by atoms with Gasteiger partial charge in [-0.15, -0.1) is 11.6 Å². The topological polar surface area (TPSA) is 29.9 Å². The van der Waals surface area contributed by atoms with Gasteiger partial charge in [0.1, 0.15) is 0 Å². The van der Waals surface area contributed by atoms with Gasteiger partial charge in [0.25, 0.3) is 0 Å². The number of halogens is 2. The van der Waals surface area contributed by atoms with E-state index in [4.69, 9.17) is 23.2 Å². The van der Waals surface area contributed by atoms with E-state index in [2.05, 4.69) is 38.1 Å². The maximum absolute atomic E-state index is 6.32. The van der Waals surface area contributed by atoms with E-state index in [1.54, 1.807) is 0 Å². The van der Waals surface area contributed by atoms with Crippen molar-refractivity contribution in [3.63, 3.8) is 0 Å². The molecule has 0 fully saturated rings. The van der Waals surface area contributed by atoms with Gasteiger partial charge < -0.3 is 5.32 Å². The van der Waals surface area contributed by atoms with Crippen LogP contribution in [0.25, 0.3) is 0 Å². The highest BCUT2D eigenvalue weighted by Crippen LogP contribution is 2.24. The number of rotatable bonds is 6. The van der Waals surface area contributed by atoms with Crippen molar-refractivity contribution in [1.29, 1.82) is 0 Å². The Morgan fingerprint density at radius 2 is 2.00 bits per heavy atom. The largest absolute Gasteiger partial charge is 0.308 e. The van der Waals surface area contributed by atoms with E-state index in [0.29, 0.717) is 11.9 Å². The van der Waals surface area contributed by atoms with Crippen LogP contribution in [0.15, 0.2) is 0 Å². The van der Waals surface area contributed by atoms with Gasteiger partial charge in [0, 0.05) is 25.0 Å². The lowest BCUT2D eigenvalue weighted by atomic mass is 9.85. The molecule has 5 heteroatoms. The first-order valence-corrected chi connectivity index (χ1v) is 7.73. The third-order valence-electron chi connectivity index (χ3n) is 3.41. The van der Waals surface area contributed by atoms with Crippen LogP contribution in [0.5, 0.6) is 0 Å². The predicted molar refractivity (Wildman–Crippen MR) is 83.1 cm³/mol. The number of hydrogen-bond acceptors (Lipinski definition) is 2. The first-order chi connectivity index (χ1) is 8.81. The minimum Gasteiger partial charge on any atom is -0.308 e. The average Bonchev–Trinajstić information content (AvgIpc) is 2.59. The summed E-state index contributed by atoms with van der Waals surface area (Å²) in [6.07, 6.45) is 0.946. The van der Waals surface area contributed by atoms with Gasteiger partial charge in [0.15, 0.2) is 0 Å². The fourth-order valence-electron chi connectivity index (χ4n) is 2.21. The summed E-state index contributed by atoms with van der Waals surface area (Å²) < 4.78 is 1.96. The van der Waals surface area contributed by atoms with Crippen molar-refractivity contribution in [2.24, 2.45) is 5.41 Å². The zero-order valence-electron chi connectivity index (χ0n) is 12.6. The fourth-order valence-corrected chi connectivity index (χ4v) is 2.63. The van der Waals surface area contributed by atoms with Crippen LogP contribution in [0.4, 0.5) is 0 Å². The molecule has 0 bridgehead atoms. The Kier molecular flexibility index (Phi) is 6.15. The molecular formula is C14H25Cl2N3. The zero-order chi connectivity index (χ0) is 14.6. The average molecular weight is 306 g/mol. The lowest BCUT2D eigenvalue weighted by molar-refractivity contribution is 0.258. The molecule has 0 saturated heterocycles. The third kappa shape index (κ3) is 4.37. The molecule has 1 unspecified atom stereocenters. The number of alkyl halides is 1. The standard InChI is InChI=1S/C14H25Cl2N3/c1-6-19-11(13(16)10(2)18-19)9-17-12(7-8-15)14(3,4)5/h12,17H,6-9H2,1-5H3. The quantitative estimate of drug-likeness (QED) is 0.805. The molecule has 0 spiro atoms. The number of aryl methyl sites for hydroxylation is 2. The first-order valence-electron chi connectivity index (χ1n) is 6.82. The molecule has 0 amide bonds. The second-order valence-corrected chi connectivity index (χ2v) is 6.69. The number of aromatic nitrogens is 2.